The van der Waals surface area contributed by atoms with Gasteiger partial charge in [-0.1, -0.05) is 63.7 Å². The fourth-order valence-corrected chi connectivity index (χ4v) is 5.80. The highest BCUT2D eigenvalue weighted by atomic mass is 32.2. The Hall–Kier alpha value is -2.27. The number of rotatable bonds is 4. The fourth-order valence-electron chi connectivity index (χ4n) is 5.07. The maximum absolute atomic E-state index is 12.9. The largest absolute Gasteiger partial charge is 0.378 e. The number of anilines is 1. The Morgan fingerprint density at radius 3 is 2.00 bits per heavy atom. The van der Waals surface area contributed by atoms with Crippen molar-refractivity contribution in [3.8, 4) is 0 Å². The molecule has 1 fully saturated rings. The molecule has 1 aliphatic carbocycles. The van der Waals surface area contributed by atoms with E-state index in [0.717, 1.165) is 47.0 Å². The predicted molar refractivity (Wildman–Crippen MR) is 134 cm³/mol. The van der Waals surface area contributed by atoms with Crippen LogP contribution in [0, 0.1) is 6.92 Å². The van der Waals surface area contributed by atoms with Gasteiger partial charge in [0.05, 0.1) is 11.8 Å². The molecule has 1 unspecified atom stereocenters. The number of nitrogens with zero attached hydrogens (tertiary/aromatic N) is 2. The normalized spacial score (nSPS) is 20.3. The van der Waals surface area contributed by atoms with Crippen molar-refractivity contribution in [1.29, 1.82) is 0 Å². The lowest BCUT2D eigenvalue weighted by molar-refractivity contribution is -0.125. The number of fused-ring (bicyclic) bond motifs is 1. The minimum Gasteiger partial charge on any atom is -0.378 e. The van der Waals surface area contributed by atoms with E-state index in [4.69, 9.17) is 0 Å². The smallest absolute Gasteiger partial charge is 0.289 e. The molecule has 170 valence electrons. The van der Waals surface area contributed by atoms with Gasteiger partial charge in [-0.15, -0.1) is 0 Å². The molecule has 0 saturated carbocycles. The van der Waals surface area contributed by atoms with Crippen LogP contribution >= 0.6 is 11.8 Å². The minimum absolute atomic E-state index is 0.0560. The first-order valence-corrected chi connectivity index (χ1v) is 12.3. The Kier molecular flexibility index (Phi) is 5.69. The van der Waals surface area contributed by atoms with Crippen LogP contribution < -0.4 is 4.90 Å². The third-order valence-electron chi connectivity index (χ3n) is 7.30. The Labute approximate surface area is 196 Å². The molecular weight excluding hydrogens is 416 g/mol. The number of imide groups is 1. The highest BCUT2D eigenvalue weighted by Crippen LogP contribution is 2.48. The minimum atomic E-state index is -0.410. The Morgan fingerprint density at radius 1 is 0.938 bits per heavy atom. The zero-order valence-corrected chi connectivity index (χ0v) is 21.1. The summed E-state index contributed by atoms with van der Waals surface area (Å²) in [4.78, 5) is 29.2. The molecule has 32 heavy (non-hydrogen) atoms. The number of aryl methyl sites for hydroxylation is 1. The van der Waals surface area contributed by atoms with Crippen molar-refractivity contribution in [2.24, 2.45) is 0 Å². The maximum atomic E-state index is 12.9. The van der Waals surface area contributed by atoms with Crippen molar-refractivity contribution in [2.45, 2.75) is 64.3 Å². The first-order valence-electron chi connectivity index (χ1n) is 11.3. The summed E-state index contributed by atoms with van der Waals surface area (Å²) >= 11 is 1.10. The van der Waals surface area contributed by atoms with E-state index >= 15 is 0 Å². The molecule has 2 amide bonds. The van der Waals surface area contributed by atoms with E-state index in [-0.39, 0.29) is 27.7 Å². The van der Waals surface area contributed by atoms with Crippen LogP contribution in [-0.2, 0) is 15.6 Å². The molecule has 5 heteroatoms. The van der Waals surface area contributed by atoms with Gasteiger partial charge < -0.3 is 4.90 Å². The highest BCUT2D eigenvalue weighted by Gasteiger charge is 2.41. The van der Waals surface area contributed by atoms with E-state index in [1.165, 1.54) is 16.0 Å². The van der Waals surface area contributed by atoms with E-state index in [9.17, 15) is 9.59 Å². The zero-order valence-electron chi connectivity index (χ0n) is 20.3. The predicted octanol–water partition coefficient (Wildman–Crippen LogP) is 6.19. The third kappa shape index (κ3) is 3.85. The standard InChI is InChI=1S/C27H34N2O2S/c1-17-14-21-22(27(4,5)13-12-26(21,2)3)15-20(17)24(29-23(30)16-32-25(29)31)18-8-10-19(11-9-18)28(6)7/h8-11,14-15,24H,12-13,16H2,1-7H3. The second-order valence-electron chi connectivity index (χ2n) is 10.7. The van der Waals surface area contributed by atoms with Gasteiger partial charge in [0, 0.05) is 19.8 Å². The molecule has 1 saturated heterocycles. The number of thioether (sulfide) groups is 1. The van der Waals surface area contributed by atoms with E-state index in [2.05, 4.69) is 75.9 Å². The second-order valence-corrected chi connectivity index (χ2v) is 11.7. The lowest BCUT2D eigenvalue weighted by atomic mass is 9.62. The van der Waals surface area contributed by atoms with Crippen molar-refractivity contribution >= 4 is 28.6 Å². The summed E-state index contributed by atoms with van der Waals surface area (Å²) in [6.07, 6.45) is 2.27. The molecule has 0 spiro atoms. The molecular formula is C27H34N2O2S. The topological polar surface area (TPSA) is 40.6 Å². The van der Waals surface area contributed by atoms with Crippen LogP contribution in [0.15, 0.2) is 36.4 Å². The summed E-state index contributed by atoms with van der Waals surface area (Å²) in [6, 6.07) is 12.4. The van der Waals surface area contributed by atoms with E-state index in [1.807, 2.05) is 14.1 Å². The molecule has 2 aromatic rings. The Bertz CT molecular complexity index is 1050. The third-order valence-corrected chi connectivity index (χ3v) is 8.14. The highest BCUT2D eigenvalue weighted by molar-refractivity contribution is 8.14. The molecule has 2 aromatic carbocycles. The number of benzene rings is 2. The first-order chi connectivity index (χ1) is 14.9. The molecule has 0 radical (unpaired) electrons. The van der Waals surface area contributed by atoms with Gasteiger partial charge in [-0.25, -0.2) is 0 Å². The van der Waals surface area contributed by atoms with Crippen LogP contribution in [0.2, 0.25) is 0 Å². The number of hydrogen-bond acceptors (Lipinski definition) is 4. The second kappa shape index (κ2) is 7.95. The molecule has 4 nitrogen and oxygen atoms in total. The summed E-state index contributed by atoms with van der Waals surface area (Å²) in [6.45, 7) is 11.4. The molecule has 1 atom stereocenters. The summed E-state index contributed by atoms with van der Waals surface area (Å²) in [5.41, 5.74) is 7.15. The van der Waals surface area contributed by atoms with Gasteiger partial charge in [0.1, 0.15) is 0 Å². The number of carbonyl (C=O) groups is 2. The van der Waals surface area contributed by atoms with Crippen LogP contribution in [0.4, 0.5) is 10.5 Å². The summed E-state index contributed by atoms with van der Waals surface area (Å²) < 4.78 is 0. The van der Waals surface area contributed by atoms with Crippen molar-refractivity contribution in [3.63, 3.8) is 0 Å². The SMILES string of the molecule is Cc1cc2c(cc1C(c1ccc(N(C)C)cc1)N1C(=O)CSC1=O)C(C)(C)CCC2(C)C. The lowest BCUT2D eigenvalue weighted by Crippen LogP contribution is -2.37. The van der Waals surface area contributed by atoms with E-state index < -0.39 is 6.04 Å². The monoisotopic (exact) mass is 450 g/mol. The van der Waals surface area contributed by atoms with Gasteiger partial charge in [0.25, 0.3) is 5.24 Å². The van der Waals surface area contributed by atoms with Crippen LogP contribution in [0.5, 0.6) is 0 Å². The van der Waals surface area contributed by atoms with Crippen molar-refractivity contribution in [2.75, 3.05) is 24.7 Å². The van der Waals surface area contributed by atoms with Crippen molar-refractivity contribution < 1.29 is 9.59 Å². The van der Waals surface area contributed by atoms with Crippen LogP contribution in [0.1, 0.15) is 74.4 Å². The molecule has 1 aliphatic heterocycles. The molecule has 4 rings (SSSR count). The quantitative estimate of drug-likeness (QED) is 0.556. The summed E-state index contributed by atoms with van der Waals surface area (Å²) in [5, 5.41) is -0.159. The van der Waals surface area contributed by atoms with E-state index in [0.29, 0.717) is 0 Å². The maximum Gasteiger partial charge on any atom is 0.289 e. The van der Waals surface area contributed by atoms with Crippen molar-refractivity contribution in [1.82, 2.24) is 4.90 Å². The van der Waals surface area contributed by atoms with Gasteiger partial charge in [-0.2, -0.15) is 0 Å². The molecule has 2 aliphatic rings. The summed E-state index contributed by atoms with van der Waals surface area (Å²) in [5.74, 6) is 0.103. The average Bonchev–Trinajstić information content (AvgIpc) is 3.05. The van der Waals surface area contributed by atoms with Gasteiger partial charge >= 0.3 is 0 Å². The molecule has 1 heterocycles. The van der Waals surface area contributed by atoms with E-state index in [1.54, 1.807) is 0 Å². The summed E-state index contributed by atoms with van der Waals surface area (Å²) in [7, 11) is 4.02. The van der Waals surface area contributed by atoms with Gasteiger partial charge in [0.15, 0.2) is 0 Å². The molecule has 0 N–H and O–H groups in total. The lowest BCUT2D eigenvalue weighted by Gasteiger charge is -2.43. The number of hydrogen-bond donors (Lipinski definition) is 0. The molecule has 0 aromatic heterocycles. The number of carbonyl (C=O) groups excluding carboxylic acids is 2. The molecule has 0 bridgehead atoms. The van der Waals surface area contributed by atoms with Crippen LogP contribution in [0.25, 0.3) is 0 Å². The Morgan fingerprint density at radius 2 is 1.50 bits per heavy atom. The Balaban J connectivity index is 1.92. The zero-order chi connectivity index (χ0) is 23.4. The van der Waals surface area contributed by atoms with Gasteiger partial charge in [-0.05, 0) is 70.5 Å². The van der Waals surface area contributed by atoms with Crippen molar-refractivity contribution in [3.05, 3.63) is 64.2 Å². The van der Waals surface area contributed by atoms with Gasteiger partial charge in [0.2, 0.25) is 5.91 Å². The van der Waals surface area contributed by atoms with Crippen LogP contribution in [0.3, 0.4) is 0 Å². The fraction of sp³-hybridized carbons (Fsp3) is 0.481. The number of amides is 2. The van der Waals surface area contributed by atoms with Gasteiger partial charge in [-0.3, -0.25) is 14.5 Å². The van der Waals surface area contributed by atoms with Crippen LogP contribution in [-0.4, -0.2) is 35.9 Å². The first kappa shape index (κ1) is 22.9. The average molecular weight is 451 g/mol.